The van der Waals surface area contributed by atoms with E-state index in [1.165, 1.54) is 19.2 Å². The molecule has 3 heteroatoms. The first-order chi connectivity index (χ1) is 5.72. The van der Waals surface area contributed by atoms with Crippen LogP contribution in [-0.4, -0.2) is 7.05 Å². The van der Waals surface area contributed by atoms with Gasteiger partial charge in [-0.15, -0.1) is 0 Å². The Labute approximate surface area is 71.2 Å². The monoisotopic (exact) mass is 173 g/mol. The summed E-state index contributed by atoms with van der Waals surface area (Å²) in [6.45, 7) is 1.86. The van der Waals surface area contributed by atoms with Gasteiger partial charge in [0.25, 0.3) is 0 Å². The maximum absolute atomic E-state index is 12.4. The van der Waals surface area contributed by atoms with Crippen molar-refractivity contribution < 1.29 is 8.78 Å². The molecule has 1 aromatic rings. The summed E-state index contributed by atoms with van der Waals surface area (Å²) in [5.74, 6) is -1.01. The van der Waals surface area contributed by atoms with Crippen LogP contribution in [0.5, 0.6) is 0 Å². The second kappa shape index (κ2) is 5.66. The highest BCUT2D eigenvalue weighted by molar-refractivity contribution is 5.17. The van der Waals surface area contributed by atoms with Crippen molar-refractivity contribution in [2.75, 3.05) is 7.05 Å². The van der Waals surface area contributed by atoms with Crippen molar-refractivity contribution in [1.29, 1.82) is 0 Å². The largest absolute Gasteiger partial charge is 0.333 e. The summed E-state index contributed by atoms with van der Waals surface area (Å²) in [6.07, 6.45) is 0.661. The Morgan fingerprint density at radius 2 is 1.50 bits per heavy atom. The van der Waals surface area contributed by atoms with E-state index in [-0.39, 0.29) is 0 Å². The SMILES string of the molecule is CCc1cc(F)cc(F)c1.CN. The highest BCUT2D eigenvalue weighted by Crippen LogP contribution is 2.07. The van der Waals surface area contributed by atoms with Gasteiger partial charge in [-0.3, -0.25) is 0 Å². The smallest absolute Gasteiger partial charge is 0.126 e. The molecule has 0 aliphatic carbocycles. The van der Waals surface area contributed by atoms with Crippen LogP contribution in [0.1, 0.15) is 12.5 Å². The number of benzene rings is 1. The maximum atomic E-state index is 12.4. The van der Waals surface area contributed by atoms with Gasteiger partial charge in [0.05, 0.1) is 0 Å². The first kappa shape index (κ1) is 11.0. The molecule has 1 nitrogen and oxygen atoms in total. The zero-order valence-corrected chi connectivity index (χ0v) is 7.27. The molecule has 0 saturated carbocycles. The first-order valence-corrected chi connectivity index (χ1v) is 3.75. The molecule has 1 rings (SSSR count). The molecule has 2 N–H and O–H groups in total. The Morgan fingerprint density at radius 3 is 1.83 bits per heavy atom. The molecular weight excluding hydrogens is 160 g/mol. The van der Waals surface area contributed by atoms with Gasteiger partial charge in [-0.1, -0.05) is 6.92 Å². The molecular formula is C9H13F2N. The predicted molar refractivity (Wildman–Crippen MR) is 45.8 cm³/mol. The van der Waals surface area contributed by atoms with Crippen molar-refractivity contribution in [3.63, 3.8) is 0 Å². The zero-order valence-electron chi connectivity index (χ0n) is 7.27. The van der Waals surface area contributed by atoms with Crippen LogP contribution < -0.4 is 5.73 Å². The molecule has 0 aliphatic heterocycles. The van der Waals surface area contributed by atoms with Crippen LogP contribution in [0.2, 0.25) is 0 Å². The number of halogens is 2. The summed E-state index contributed by atoms with van der Waals surface area (Å²) in [7, 11) is 1.50. The topological polar surface area (TPSA) is 26.0 Å². The lowest BCUT2D eigenvalue weighted by atomic mass is 10.2. The van der Waals surface area contributed by atoms with Crippen molar-refractivity contribution >= 4 is 0 Å². The summed E-state index contributed by atoms with van der Waals surface area (Å²) in [5, 5.41) is 0. The lowest BCUT2D eigenvalue weighted by molar-refractivity contribution is 0.580. The Hall–Kier alpha value is -0.960. The minimum atomic E-state index is -0.503. The van der Waals surface area contributed by atoms with Crippen LogP contribution in [0, 0.1) is 11.6 Å². The van der Waals surface area contributed by atoms with Crippen molar-refractivity contribution in [1.82, 2.24) is 0 Å². The van der Waals surface area contributed by atoms with Crippen molar-refractivity contribution in [3.05, 3.63) is 35.4 Å². The van der Waals surface area contributed by atoms with E-state index in [4.69, 9.17) is 0 Å². The third kappa shape index (κ3) is 3.44. The second-order valence-corrected chi connectivity index (χ2v) is 2.13. The number of aryl methyl sites for hydroxylation is 1. The first-order valence-electron chi connectivity index (χ1n) is 3.75. The molecule has 0 heterocycles. The third-order valence-electron chi connectivity index (χ3n) is 1.33. The van der Waals surface area contributed by atoms with Gasteiger partial charge >= 0.3 is 0 Å². The van der Waals surface area contributed by atoms with Gasteiger partial charge < -0.3 is 5.73 Å². The lowest BCUT2D eigenvalue weighted by Crippen LogP contribution is -1.84. The summed E-state index contributed by atoms with van der Waals surface area (Å²) < 4.78 is 24.8. The molecule has 1 aromatic carbocycles. The summed E-state index contributed by atoms with van der Waals surface area (Å²) in [5.41, 5.74) is 5.19. The van der Waals surface area contributed by atoms with Gasteiger partial charge in [0.2, 0.25) is 0 Å². The molecule has 0 radical (unpaired) electrons. The molecule has 0 aromatic heterocycles. The van der Waals surface area contributed by atoms with Gasteiger partial charge in [-0.05, 0) is 31.2 Å². The number of hydrogen-bond donors (Lipinski definition) is 1. The van der Waals surface area contributed by atoms with E-state index in [2.05, 4.69) is 5.73 Å². The lowest BCUT2D eigenvalue weighted by Gasteiger charge is -1.95. The van der Waals surface area contributed by atoms with Crippen LogP contribution in [0.4, 0.5) is 8.78 Å². The van der Waals surface area contributed by atoms with Gasteiger partial charge in [0, 0.05) is 6.07 Å². The molecule has 0 spiro atoms. The third-order valence-corrected chi connectivity index (χ3v) is 1.33. The molecule has 12 heavy (non-hydrogen) atoms. The molecule has 0 amide bonds. The molecule has 0 unspecified atom stereocenters. The highest BCUT2D eigenvalue weighted by Gasteiger charge is 1.96. The molecule has 0 aliphatic rings. The van der Waals surface area contributed by atoms with E-state index in [1.807, 2.05) is 6.92 Å². The fourth-order valence-corrected chi connectivity index (χ4v) is 0.815. The quantitative estimate of drug-likeness (QED) is 0.691. The molecule has 0 fully saturated rings. The van der Waals surface area contributed by atoms with E-state index in [0.717, 1.165) is 6.07 Å². The van der Waals surface area contributed by atoms with Crippen LogP contribution >= 0.6 is 0 Å². The number of hydrogen-bond acceptors (Lipinski definition) is 1. The molecule has 0 saturated heterocycles. The van der Waals surface area contributed by atoms with Crippen molar-refractivity contribution in [2.45, 2.75) is 13.3 Å². The van der Waals surface area contributed by atoms with Crippen LogP contribution in [0.3, 0.4) is 0 Å². The van der Waals surface area contributed by atoms with Crippen molar-refractivity contribution in [2.24, 2.45) is 5.73 Å². The molecule has 0 atom stereocenters. The number of nitrogens with two attached hydrogens (primary N) is 1. The standard InChI is InChI=1S/C8H8F2.CH5N/c1-2-6-3-7(9)5-8(10)4-6;1-2/h3-5H,2H2,1H3;2H2,1H3. The van der Waals surface area contributed by atoms with Gasteiger partial charge in [0.1, 0.15) is 11.6 Å². The minimum Gasteiger partial charge on any atom is -0.333 e. The Bertz CT molecular complexity index is 216. The van der Waals surface area contributed by atoms with E-state index in [9.17, 15) is 8.78 Å². The highest BCUT2D eigenvalue weighted by atomic mass is 19.1. The molecule has 0 bridgehead atoms. The van der Waals surface area contributed by atoms with Gasteiger partial charge in [-0.2, -0.15) is 0 Å². The van der Waals surface area contributed by atoms with Crippen LogP contribution in [-0.2, 0) is 6.42 Å². The van der Waals surface area contributed by atoms with E-state index in [1.54, 1.807) is 0 Å². The Kier molecular flexibility index (Phi) is 5.21. The predicted octanol–water partition coefficient (Wildman–Crippen LogP) is 2.10. The second-order valence-electron chi connectivity index (χ2n) is 2.13. The Balaban J connectivity index is 0.000000561. The zero-order chi connectivity index (χ0) is 9.56. The summed E-state index contributed by atoms with van der Waals surface area (Å²) in [4.78, 5) is 0. The average molecular weight is 173 g/mol. The normalized spacial score (nSPS) is 8.75. The molecule has 68 valence electrons. The number of rotatable bonds is 1. The average Bonchev–Trinajstić information content (AvgIpc) is 2.06. The van der Waals surface area contributed by atoms with E-state index >= 15 is 0 Å². The summed E-state index contributed by atoms with van der Waals surface area (Å²) in [6, 6.07) is 3.55. The van der Waals surface area contributed by atoms with E-state index < -0.39 is 11.6 Å². The van der Waals surface area contributed by atoms with E-state index in [0.29, 0.717) is 12.0 Å². The van der Waals surface area contributed by atoms with Crippen LogP contribution in [0.15, 0.2) is 18.2 Å². The Morgan fingerprint density at radius 1 is 1.08 bits per heavy atom. The van der Waals surface area contributed by atoms with Crippen LogP contribution in [0.25, 0.3) is 0 Å². The fourth-order valence-electron chi connectivity index (χ4n) is 0.815. The minimum absolute atomic E-state index is 0.503. The van der Waals surface area contributed by atoms with Gasteiger partial charge in [0.15, 0.2) is 0 Å². The maximum Gasteiger partial charge on any atom is 0.126 e. The summed E-state index contributed by atoms with van der Waals surface area (Å²) >= 11 is 0. The van der Waals surface area contributed by atoms with Crippen molar-refractivity contribution in [3.8, 4) is 0 Å². The van der Waals surface area contributed by atoms with Gasteiger partial charge in [-0.25, -0.2) is 8.78 Å². The fraction of sp³-hybridized carbons (Fsp3) is 0.333.